The minimum atomic E-state index is -0.410. The highest BCUT2D eigenvalue weighted by molar-refractivity contribution is 5.97. The fourth-order valence-corrected chi connectivity index (χ4v) is 3.94. The topological polar surface area (TPSA) is 74.4 Å². The van der Waals surface area contributed by atoms with Gasteiger partial charge < -0.3 is 15.0 Å². The van der Waals surface area contributed by atoms with Crippen LogP contribution < -0.4 is 15.5 Å². The molecule has 0 radical (unpaired) electrons. The number of pyridine rings is 1. The average Bonchev–Trinajstić information content (AvgIpc) is 2.83. The van der Waals surface area contributed by atoms with Crippen molar-refractivity contribution in [3.8, 4) is 5.75 Å². The van der Waals surface area contributed by atoms with Crippen molar-refractivity contribution in [1.82, 2.24) is 15.2 Å². The molecule has 1 amide bonds. The van der Waals surface area contributed by atoms with E-state index in [0.29, 0.717) is 23.2 Å². The first-order valence-corrected chi connectivity index (χ1v) is 10.8. The molecule has 0 aliphatic heterocycles. The summed E-state index contributed by atoms with van der Waals surface area (Å²) in [6.45, 7) is 1.99. The summed E-state index contributed by atoms with van der Waals surface area (Å²) in [6.07, 6.45) is 1.44. The van der Waals surface area contributed by atoms with Crippen LogP contribution in [0, 0.1) is 0 Å². The number of carbonyl (C=O) groups excluding carboxylic acids is 1. The Bertz CT molecular complexity index is 1320. The molecule has 0 atom stereocenters. The molecule has 1 heterocycles. The van der Waals surface area contributed by atoms with Gasteiger partial charge in [0.2, 0.25) is 5.43 Å². The average molecular weight is 442 g/mol. The van der Waals surface area contributed by atoms with Crippen LogP contribution in [0.15, 0.2) is 83.8 Å². The molecule has 4 aromatic rings. The molecule has 1 aromatic heterocycles. The lowest BCUT2D eigenvalue weighted by molar-refractivity contribution is 0.0949. The highest BCUT2D eigenvalue weighted by Crippen LogP contribution is 2.21. The Hall–Kier alpha value is -3.90. The molecule has 6 heteroatoms. The number of aromatic nitrogens is 1. The number of methoxy groups -OCH3 is 1. The van der Waals surface area contributed by atoms with Crippen LogP contribution in [-0.4, -0.2) is 29.9 Å². The number of hydrogen-bond acceptors (Lipinski definition) is 4. The molecule has 4 rings (SSSR count). The lowest BCUT2D eigenvalue weighted by Crippen LogP contribution is -2.28. The zero-order valence-corrected chi connectivity index (χ0v) is 18.8. The lowest BCUT2D eigenvalue weighted by Gasteiger charge is -2.17. The van der Waals surface area contributed by atoms with Gasteiger partial charge in [-0.1, -0.05) is 60.7 Å². The maximum absolute atomic E-state index is 12.8. The van der Waals surface area contributed by atoms with Gasteiger partial charge in [0.1, 0.15) is 11.3 Å². The first-order chi connectivity index (χ1) is 16.0. The zero-order valence-electron chi connectivity index (χ0n) is 18.8. The molecule has 2 N–H and O–H groups in total. The van der Waals surface area contributed by atoms with Crippen LogP contribution in [0.1, 0.15) is 27.0 Å². The molecular weight excluding hydrogens is 414 g/mol. The number of ether oxygens (including phenoxy) is 1. The van der Waals surface area contributed by atoms with Crippen molar-refractivity contribution in [1.29, 1.82) is 0 Å². The minimum Gasteiger partial charge on any atom is -0.495 e. The largest absolute Gasteiger partial charge is 0.495 e. The van der Waals surface area contributed by atoms with E-state index in [1.807, 2.05) is 30.3 Å². The van der Waals surface area contributed by atoms with Gasteiger partial charge in [-0.15, -0.1) is 0 Å². The number of rotatable bonds is 8. The summed E-state index contributed by atoms with van der Waals surface area (Å²) in [5.41, 5.74) is 3.74. The third-order valence-electron chi connectivity index (χ3n) is 5.53. The van der Waals surface area contributed by atoms with E-state index in [2.05, 4.69) is 46.5 Å². The van der Waals surface area contributed by atoms with E-state index in [9.17, 15) is 9.59 Å². The van der Waals surface area contributed by atoms with Gasteiger partial charge in [-0.05, 0) is 35.9 Å². The van der Waals surface area contributed by atoms with E-state index in [4.69, 9.17) is 4.74 Å². The molecule has 0 bridgehead atoms. The van der Waals surface area contributed by atoms with Crippen molar-refractivity contribution in [3.05, 3.63) is 111 Å². The van der Waals surface area contributed by atoms with Crippen molar-refractivity contribution in [2.24, 2.45) is 0 Å². The summed E-state index contributed by atoms with van der Waals surface area (Å²) in [4.78, 5) is 30.8. The molecule has 0 fully saturated rings. The predicted octanol–water partition coefficient (Wildman–Crippen LogP) is 4.10. The number of fused-ring (bicyclic) bond motifs is 1. The summed E-state index contributed by atoms with van der Waals surface area (Å²) < 4.78 is 5.29. The Morgan fingerprint density at radius 1 is 0.939 bits per heavy atom. The smallest absolute Gasteiger partial charge is 0.257 e. The normalized spacial score (nSPS) is 11.0. The van der Waals surface area contributed by atoms with Crippen LogP contribution in [0.3, 0.4) is 0 Å². The van der Waals surface area contributed by atoms with E-state index >= 15 is 0 Å². The summed E-state index contributed by atoms with van der Waals surface area (Å²) >= 11 is 0. The third kappa shape index (κ3) is 5.30. The summed E-state index contributed by atoms with van der Waals surface area (Å²) in [5.74, 6) is 0.151. The maximum Gasteiger partial charge on any atom is 0.257 e. The van der Waals surface area contributed by atoms with Gasteiger partial charge in [-0.25, -0.2) is 0 Å². The molecule has 168 valence electrons. The lowest BCUT2D eigenvalue weighted by atomic mass is 10.1. The number of H-pyrrole nitrogens is 1. The number of amides is 1. The summed E-state index contributed by atoms with van der Waals surface area (Å²) in [7, 11) is 3.63. The second kappa shape index (κ2) is 10.1. The number of para-hydroxylation sites is 1. The van der Waals surface area contributed by atoms with Gasteiger partial charge in [-0.3, -0.25) is 14.5 Å². The van der Waals surface area contributed by atoms with Crippen LogP contribution in [0.5, 0.6) is 5.75 Å². The molecule has 0 aliphatic rings. The second-order valence-corrected chi connectivity index (χ2v) is 8.07. The van der Waals surface area contributed by atoms with E-state index in [1.54, 1.807) is 25.3 Å². The monoisotopic (exact) mass is 441 g/mol. The van der Waals surface area contributed by atoms with Crippen molar-refractivity contribution >= 4 is 16.8 Å². The Balaban J connectivity index is 1.42. The molecule has 33 heavy (non-hydrogen) atoms. The zero-order chi connectivity index (χ0) is 23.2. The first kappa shape index (κ1) is 22.3. The van der Waals surface area contributed by atoms with Crippen LogP contribution >= 0.6 is 0 Å². The van der Waals surface area contributed by atoms with Crippen LogP contribution in [-0.2, 0) is 19.6 Å². The highest BCUT2D eigenvalue weighted by Gasteiger charge is 2.14. The molecule has 0 unspecified atom stereocenters. The van der Waals surface area contributed by atoms with E-state index in [0.717, 1.165) is 24.2 Å². The van der Waals surface area contributed by atoms with Crippen LogP contribution in [0.4, 0.5) is 0 Å². The van der Waals surface area contributed by atoms with Gasteiger partial charge in [0, 0.05) is 25.8 Å². The molecule has 0 saturated heterocycles. The molecule has 0 spiro atoms. The standard InChI is InChI=1S/C27H27N3O3/c1-30(17-19-8-4-3-5-9-19)18-21-11-6-10-20(14-21)15-29-27(32)23-16-28-25-22(26(23)31)12-7-13-24(25)33-2/h3-14,16H,15,17-18H2,1-2H3,(H,28,31)(H,29,32). The summed E-state index contributed by atoms with van der Waals surface area (Å²) in [5, 5.41) is 3.29. The number of carbonyl (C=O) groups is 1. The Morgan fingerprint density at radius 2 is 1.64 bits per heavy atom. The molecule has 0 saturated carbocycles. The third-order valence-corrected chi connectivity index (χ3v) is 5.53. The quantitative estimate of drug-likeness (QED) is 0.432. The molecule has 0 aliphatic carbocycles. The van der Waals surface area contributed by atoms with Crippen LogP contribution in [0.2, 0.25) is 0 Å². The Kier molecular flexibility index (Phi) is 6.86. The Labute approximate surface area is 192 Å². The molecule has 6 nitrogen and oxygen atoms in total. The number of nitrogens with zero attached hydrogens (tertiary/aromatic N) is 1. The number of hydrogen-bond donors (Lipinski definition) is 2. The van der Waals surface area contributed by atoms with Crippen molar-refractivity contribution in [2.45, 2.75) is 19.6 Å². The van der Waals surface area contributed by atoms with Gasteiger partial charge >= 0.3 is 0 Å². The predicted molar refractivity (Wildman–Crippen MR) is 130 cm³/mol. The number of nitrogens with one attached hydrogen (secondary N) is 2. The highest BCUT2D eigenvalue weighted by atomic mass is 16.5. The maximum atomic E-state index is 12.8. The molecular formula is C27H27N3O3. The van der Waals surface area contributed by atoms with E-state index in [-0.39, 0.29) is 11.0 Å². The van der Waals surface area contributed by atoms with Gasteiger partial charge in [0.25, 0.3) is 5.91 Å². The second-order valence-electron chi connectivity index (χ2n) is 8.07. The molecule has 3 aromatic carbocycles. The van der Waals surface area contributed by atoms with Gasteiger partial charge in [-0.2, -0.15) is 0 Å². The Morgan fingerprint density at radius 3 is 2.42 bits per heavy atom. The van der Waals surface area contributed by atoms with E-state index in [1.165, 1.54) is 11.8 Å². The fourth-order valence-electron chi connectivity index (χ4n) is 3.94. The van der Waals surface area contributed by atoms with Gasteiger partial charge in [0.05, 0.1) is 18.0 Å². The number of aromatic amines is 1. The number of benzene rings is 3. The summed E-state index contributed by atoms with van der Waals surface area (Å²) in [6, 6.07) is 23.6. The SMILES string of the molecule is COc1cccc2c(=O)c(C(=O)NCc3cccc(CN(C)Cc4ccccc4)c3)c[nH]c12. The van der Waals surface area contributed by atoms with Crippen LogP contribution in [0.25, 0.3) is 10.9 Å². The van der Waals surface area contributed by atoms with Gasteiger partial charge in [0.15, 0.2) is 0 Å². The van der Waals surface area contributed by atoms with Crippen molar-refractivity contribution in [2.75, 3.05) is 14.2 Å². The fraction of sp³-hybridized carbons (Fsp3) is 0.185. The van der Waals surface area contributed by atoms with Crippen molar-refractivity contribution in [3.63, 3.8) is 0 Å². The van der Waals surface area contributed by atoms with Crippen molar-refractivity contribution < 1.29 is 9.53 Å². The van der Waals surface area contributed by atoms with E-state index < -0.39 is 5.91 Å². The first-order valence-electron chi connectivity index (χ1n) is 10.8. The minimum absolute atomic E-state index is 0.0782.